The summed E-state index contributed by atoms with van der Waals surface area (Å²) < 4.78 is 68.5. The Morgan fingerprint density at radius 1 is 0.284 bits per heavy atom. The minimum absolute atomic E-state index is 0.0748. The molecule has 0 bridgehead atoms. The molecule has 0 saturated heterocycles. The van der Waals surface area contributed by atoms with Crippen LogP contribution in [0.15, 0.2) is 134 Å². The van der Waals surface area contributed by atoms with E-state index in [0.29, 0.717) is 25.7 Å². The van der Waals surface area contributed by atoms with Crippen molar-refractivity contribution in [2.45, 2.75) is 329 Å². The number of aliphatic hydroxyl groups excluding tert-OH is 1. The summed E-state index contributed by atoms with van der Waals surface area (Å²) in [6, 6.07) is 0. The number of ether oxygens (including phenoxy) is 4. The summed E-state index contributed by atoms with van der Waals surface area (Å²) in [7, 11) is -9.97. The maximum absolute atomic E-state index is 13.1. The summed E-state index contributed by atoms with van der Waals surface area (Å²) in [5, 5.41) is 10.6. The maximum Gasteiger partial charge on any atom is 0.472 e. The van der Waals surface area contributed by atoms with Gasteiger partial charge in [-0.25, -0.2) is 9.13 Å². The molecule has 584 valence electrons. The number of hydrogen-bond donors (Lipinski definition) is 3. The molecule has 19 heteroatoms. The zero-order valence-electron chi connectivity index (χ0n) is 63.7. The predicted octanol–water partition coefficient (Wildman–Crippen LogP) is 22.9. The number of hydrogen-bond acceptors (Lipinski definition) is 15. The molecule has 102 heavy (non-hydrogen) atoms. The van der Waals surface area contributed by atoms with Crippen molar-refractivity contribution in [1.29, 1.82) is 0 Å². The molecule has 0 aromatic carbocycles. The number of carbonyl (C=O) groups excluding carboxylic acids is 4. The summed E-state index contributed by atoms with van der Waals surface area (Å²) in [5.74, 6) is -2.23. The largest absolute Gasteiger partial charge is 0.472 e. The topological polar surface area (TPSA) is 237 Å². The Labute approximate surface area is 618 Å². The van der Waals surface area contributed by atoms with Crippen LogP contribution >= 0.6 is 15.6 Å². The van der Waals surface area contributed by atoms with Gasteiger partial charge in [0.05, 0.1) is 26.4 Å². The van der Waals surface area contributed by atoms with Crippen molar-refractivity contribution in [3.05, 3.63) is 134 Å². The summed E-state index contributed by atoms with van der Waals surface area (Å²) >= 11 is 0. The van der Waals surface area contributed by atoms with Gasteiger partial charge in [0.15, 0.2) is 12.2 Å². The number of phosphoric acid groups is 2. The van der Waals surface area contributed by atoms with E-state index in [1.807, 2.05) is 0 Å². The van der Waals surface area contributed by atoms with Crippen LogP contribution in [0.2, 0.25) is 0 Å². The summed E-state index contributed by atoms with van der Waals surface area (Å²) in [6.07, 6.45) is 82.9. The van der Waals surface area contributed by atoms with Gasteiger partial charge in [-0.05, 0) is 135 Å². The van der Waals surface area contributed by atoms with Crippen LogP contribution < -0.4 is 0 Å². The second kappa shape index (κ2) is 74.5. The molecule has 17 nitrogen and oxygen atoms in total. The molecule has 0 fully saturated rings. The van der Waals surface area contributed by atoms with E-state index in [0.717, 1.165) is 193 Å². The number of unbranched alkanes of at least 4 members (excludes halogenated alkanes) is 25. The Balaban J connectivity index is 5.38. The van der Waals surface area contributed by atoms with Crippen molar-refractivity contribution < 1.29 is 80.2 Å². The van der Waals surface area contributed by atoms with Gasteiger partial charge in [-0.3, -0.25) is 37.3 Å². The van der Waals surface area contributed by atoms with Crippen LogP contribution in [-0.4, -0.2) is 96.7 Å². The molecule has 0 aromatic heterocycles. The molecule has 0 rings (SSSR count). The van der Waals surface area contributed by atoms with Crippen molar-refractivity contribution in [3.8, 4) is 0 Å². The van der Waals surface area contributed by atoms with Gasteiger partial charge in [-0.15, -0.1) is 0 Å². The fourth-order valence-electron chi connectivity index (χ4n) is 10.2. The van der Waals surface area contributed by atoms with E-state index in [1.54, 1.807) is 0 Å². The molecule has 0 heterocycles. The Morgan fingerprint density at radius 2 is 0.510 bits per heavy atom. The maximum atomic E-state index is 13.1. The van der Waals surface area contributed by atoms with Gasteiger partial charge in [0.25, 0.3) is 0 Å². The molecule has 0 saturated carbocycles. The standard InChI is InChI=1S/C83H140O17P2/c1-5-9-13-17-21-25-29-32-35-38-41-44-48-51-55-59-63-67-80(85)93-73-78(99-82(87)69-65-61-57-53-47-28-24-20-16-12-8-4)75-97-101(89,90)95-71-77(84)72-96-102(91,92)98-76-79(100-83(88)70-66-62-58-54-50-46-43-40-37-34-31-27-23-19-15-11-7-3)74-94-81(86)68-64-60-56-52-49-45-42-39-36-33-30-26-22-18-14-10-6-2/h9-11,13-15,21-23,25-27,32-37,41-42,44-45,77-79,84H,5-8,12,16-20,24,28-31,38-40,43,46-76H2,1-4H3,(H,89,90)(H,91,92)/b13-9-,14-10-,15-11-,25-21-,26-22-,27-23-,35-32-,36-33-,37-34-,44-41-,45-42-. The first-order valence-corrected chi connectivity index (χ1v) is 42.4. The van der Waals surface area contributed by atoms with E-state index in [2.05, 4.69) is 161 Å². The number of carbonyl (C=O) groups is 4. The average Bonchev–Trinajstić information content (AvgIpc) is 0.994. The van der Waals surface area contributed by atoms with E-state index in [-0.39, 0.29) is 25.7 Å². The molecule has 0 aromatic rings. The fraction of sp³-hybridized carbons (Fsp3) is 0.687. The van der Waals surface area contributed by atoms with Crippen LogP contribution in [0.25, 0.3) is 0 Å². The third kappa shape index (κ3) is 73.5. The number of phosphoric ester groups is 2. The molecule has 0 aliphatic heterocycles. The number of rotatable bonds is 73. The lowest BCUT2D eigenvalue weighted by molar-refractivity contribution is -0.161. The zero-order chi connectivity index (χ0) is 74.6. The lowest BCUT2D eigenvalue weighted by Crippen LogP contribution is -2.30. The lowest BCUT2D eigenvalue weighted by atomic mass is 10.1. The molecular weight excluding hydrogens is 1330 g/mol. The second-order valence-corrected chi connectivity index (χ2v) is 28.8. The molecular formula is C83H140O17P2. The Kier molecular flexibility index (Phi) is 71.0. The van der Waals surface area contributed by atoms with Gasteiger partial charge in [0.2, 0.25) is 0 Å². The van der Waals surface area contributed by atoms with Crippen LogP contribution in [0.5, 0.6) is 0 Å². The van der Waals surface area contributed by atoms with Crippen LogP contribution in [0, 0.1) is 0 Å². The first kappa shape index (κ1) is 97.2. The van der Waals surface area contributed by atoms with Crippen LogP contribution in [0.1, 0.15) is 310 Å². The van der Waals surface area contributed by atoms with E-state index in [4.69, 9.17) is 37.0 Å². The van der Waals surface area contributed by atoms with Gasteiger partial charge in [0, 0.05) is 25.7 Å². The van der Waals surface area contributed by atoms with Crippen molar-refractivity contribution in [1.82, 2.24) is 0 Å². The minimum Gasteiger partial charge on any atom is -0.462 e. The van der Waals surface area contributed by atoms with Crippen LogP contribution in [-0.2, 0) is 65.4 Å². The monoisotopic (exact) mass is 1470 g/mol. The molecule has 3 N–H and O–H groups in total. The molecule has 0 spiro atoms. The summed E-state index contributed by atoms with van der Waals surface area (Å²) in [6.45, 7) is 4.48. The summed E-state index contributed by atoms with van der Waals surface area (Å²) in [4.78, 5) is 73.0. The van der Waals surface area contributed by atoms with Crippen LogP contribution in [0.4, 0.5) is 0 Å². The molecule has 0 amide bonds. The third-order valence-corrected chi connectivity index (χ3v) is 18.0. The highest BCUT2D eigenvalue weighted by atomic mass is 31.2. The molecule has 0 aliphatic rings. The van der Waals surface area contributed by atoms with E-state index < -0.39 is 97.5 Å². The normalized spacial score (nSPS) is 14.6. The van der Waals surface area contributed by atoms with E-state index in [1.165, 1.54) is 38.5 Å². The summed E-state index contributed by atoms with van der Waals surface area (Å²) in [5.41, 5.74) is 0. The van der Waals surface area contributed by atoms with Gasteiger partial charge in [-0.2, -0.15) is 0 Å². The highest BCUT2D eigenvalue weighted by Gasteiger charge is 2.30. The molecule has 0 aliphatic carbocycles. The van der Waals surface area contributed by atoms with Crippen molar-refractivity contribution in [2.24, 2.45) is 0 Å². The lowest BCUT2D eigenvalue weighted by Gasteiger charge is -2.21. The number of aliphatic hydroxyl groups is 1. The smallest absolute Gasteiger partial charge is 0.462 e. The highest BCUT2D eigenvalue weighted by molar-refractivity contribution is 7.47. The first-order chi connectivity index (χ1) is 49.7. The number of allylic oxidation sites excluding steroid dienone is 22. The molecule has 5 atom stereocenters. The fourth-order valence-corrected chi connectivity index (χ4v) is 11.8. The molecule has 5 unspecified atom stereocenters. The van der Waals surface area contributed by atoms with Gasteiger partial charge in [-0.1, -0.05) is 283 Å². The highest BCUT2D eigenvalue weighted by Crippen LogP contribution is 2.45. The average molecular weight is 1470 g/mol. The zero-order valence-corrected chi connectivity index (χ0v) is 65.5. The third-order valence-electron chi connectivity index (χ3n) is 16.1. The Morgan fingerprint density at radius 3 is 0.784 bits per heavy atom. The quantitative estimate of drug-likeness (QED) is 0.0169. The Bertz CT molecular complexity index is 2460. The first-order valence-electron chi connectivity index (χ1n) is 39.4. The van der Waals surface area contributed by atoms with E-state index >= 15 is 0 Å². The van der Waals surface area contributed by atoms with Crippen molar-refractivity contribution >= 4 is 39.5 Å². The van der Waals surface area contributed by atoms with Crippen molar-refractivity contribution in [3.63, 3.8) is 0 Å². The van der Waals surface area contributed by atoms with Crippen LogP contribution in [0.3, 0.4) is 0 Å². The predicted molar refractivity (Wildman–Crippen MR) is 418 cm³/mol. The van der Waals surface area contributed by atoms with Gasteiger partial charge >= 0.3 is 39.5 Å². The molecule has 0 radical (unpaired) electrons. The number of esters is 4. The SMILES string of the molecule is CC/C=C\C/C=C\C/C=C\C/C=C\CCCCCCC(=O)OCC(COP(=O)(O)OCC(O)COP(=O)(O)OCC(COC(=O)CCCCCC/C=C\C/C=C\C/C=C\C/C=C\CC)OC(=O)CCCCCCCCCCCCC)OC(=O)CCCCCCCCC/C=C\C/C=C\C/C=C\CC. The van der Waals surface area contributed by atoms with Crippen molar-refractivity contribution in [2.75, 3.05) is 39.6 Å². The Hall–Kier alpha value is -4.80. The second-order valence-electron chi connectivity index (χ2n) is 25.9. The van der Waals surface area contributed by atoms with Gasteiger partial charge in [0.1, 0.15) is 19.3 Å². The van der Waals surface area contributed by atoms with Gasteiger partial charge < -0.3 is 33.8 Å². The van der Waals surface area contributed by atoms with E-state index in [9.17, 15) is 43.2 Å². The minimum atomic E-state index is -4.99.